The second kappa shape index (κ2) is 6.60. The van der Waals surface area contributed by atoms with Crippen molar-refractivity contribution in [3.63, 3.8) is 0 Å². The fourth-order valence-electron chi connectivity index (χ4n) is 2.73. The maximum absolute atomic E-state index is 6.04. The van der Waals surface area contributed by atoms with Gasteiger partial charge in [0.25, 0.3) is 0 Å². The van der Waals surface area contributed by atoms with Crippen LogP contribution in [0.3, 0.4) is 0 Å². The monoisotopic (exact) mass is 395 g/mol. The molecule has 0 unspecified atom stereocenters. The number of hydrogen-bond acceptors (Lipinski definition) is 4. The lowest BCUT2D eigenvalue weighted by molar-refractivity contribution is 0.295. The average molecular weight is 395 g/mol. The van der Waals surface area contributed by atoms with E-state index in [4.69, 9.17) is 15.5 Å². The zero-order valence-electron chi connectivity index (χ0n) is 11.8. The SMILES string of the molecule is Nc1nc(COc2ccccc2)nc(C2CCCC2)c1I. The van der Waals surface area contributed by atoms with E-state index in [0.29, 0.717) is 24.2 Å². The molecule has 2 N–H and O–H groups in total. The standard InChI is InChI=1S/C16H18IN3O/c17-14-15(11-6-4-5-7-11)19-13(20-16(14)18)10-21-12-8-2-1-3-9-12/h1-3,8-9,11H,4-7,10H2,(H2,18,19,20). The Labute approximate surface area is 138 Å². The van der Waals surface area contributed by atoms with Crippen molar-refractivity contribution in [3.8, 4) is 5.75 Å². The molecule has 0 saturated heterocycles. The van der Waals surface area contributed by atoms with Gasteiger partial charge in [-0.15, -0.1) is 0 Å². The number of nitrogens with zero attached hydrogens (tertiary/aromatic N) is 2. The number of anilines is 1. The predicted octanol–water partition coefficient (Wildman–Crippen LogP) is 3.90. The minimum atomic E-state index is 0.352. The molecule has 0 spiro atoms. The first-order valence-electron chi connectivity index (χ1n) is 7.23. The Morgan fingerprint density at radius 3 is 2.57 bits per heavy atom. The van der Waals surface area contributed by atoms with Crippen molar-refractivity contribution in [1.29, 1.82) is 0 Å². The van der Waals surface area contributed by atoms with E-state index in [2.05, 4.69) is 27.6 Å². The van der Waals surface area contributed by atoms with E-state index in [1.54, 1.807) is 0 Å². The van der Waals surface area contributed by atoms with Gasteiger partial charge in [-0.05, 0) is 47.6 Å². The second-order valence-corrected chi connectivity index (χ2v) is 6.39. The van der Waals surface area contributed by atoms with Crippen LogP contribution >= 0.6 is 22.6 Å². The van der Waals surface area contributed by atoms with Crippen LogP contribution < -0.4 is 10.5 Å². The predicted molar refractivity (Wildman–Crippen MR) is 91.1 cm³/mol. The average Bonchev–Trinajstić information content (AvgIpc) is 3.03. The largest absolute Gasteiger partial charge is 0.486 e. The molecule has 1 aromatic heterocycles. The Kier molecular flexibility index (Phi) is 4.57. The topological polar surface area (TPSA) is 61.0 Å². The number of halogens is 1. The molecule has 1 aromatic carbocycles. The fourth-order valence-corrected chi connectivity index (χ4v) is 3.41. The highest BCUT2D eigenvalue weighted by Gasteiger charge is 2.23. The van der Waals surface area contributed by atoms with Gasteiger partial charge in [0, 0.05) is 5.92 Å². The molecule has 1 heterocycles. The molecular weight excluding hydrogens is 377 g/mol. The van der Waals surface area contributed by atoms with Crippen molar-refractivity contribution in [1.82, 2.24) is 9.97 Å². The number of rotatable bonds is 4. The van der Waals surface area contributed by atoms with E-state index < -0.39 is 0 Å². The fraction of sp³-hybridized carbons (Fsp3) is 0.375. The summed E-state index contributed by atoms with van der Waals surface area (Å²) in [6.07, 6.45) is 4.96. The zero-order valence-corrected chi connectivity index (χ0v) is 13.9. The van der Waals surface area contributed by atoms with Gasteiger partial charge in [-0.1, -0.05) is 31.0 Å². The highest BCUT2D eigenvalue weighted by molar-refractivity contribution is 14.1. The Balaban J connectivity index is 1.79. The third kappa shape index (κ3) is 3.45. The quantitative estimate of drug-likeness (QED) is 0.798. The van der Waals surface area contributed by atoms with Crippen LogP contribution in [0.4, 0.5) is 5.82 Å². The van der Waals surface area contributed by atoms with Crippen LogP contribution in [0.2, 0.25) is 0 Å². The Morgan fingerprint density at radius 1 is 1.14 bits per heavy atom. The maximum Gasteiger partial charge on any atom is 0.168 e. The summed E-state index contributed by atoms with van der Waals surface area (Å²) in [5, 5.41) is 0. The van der Waals surface area contributed by atoms with E-state index in [1.807, 2.05) is 30.3 Å². The highest BCUT2D eigenvalue weighted by Crippen LogP contribution is 2.36. The Hall–Kier alpha value is -1.37. The van der Waals surface area contributed by atoms with E-state index >= 15 is 0 Å². The van der Waals surface area contributed by atoms with E-state index in [1.165, 1.54) is 25.7 Å². The van der Waals surface area contributed by atoms with Crippen molar-refractivity contribution in [3.05, 3.63) is 45.4 Å². The van der Waals surface area contributed by atoms with Gasteiger partial charge in [-0.25, -0.2) is 9.97 Å². The lowest BCUT2D eigenvalue weighted by Gasteiger charge is -2.14. The molecule has 21 heavy (non-hydrogen) atoms. The minimum absolute atomic E-state index is 0.352. The molecule has 110 valence electrons. The maximum atomic E-state index is 6.04. The second-order valence-electron chi connectivity index (χ2n) is 5.31. The van der Waals surface area contributed by atoms with Gasteiger partial charge >= 0.3 is 0 Å². The van der Waals surface area contributed by atoms with Gasteiger partial charge < -0.3 is 10.5 Å². The van der Waals surface area contributed by atoms with Crippen molar-refractivity contribution in [2.75, 3.05) is 5.73 Å². The van der Waals surface area contributed by atoms with Gasteiger partial charge in [0.15, 0.2) is 5.82 Å². The summed E-state index contributed by atoms with van der Waals surface area (Å²) in [4.78, 5) is 9.06. The number of nitrogens with two attached hydrogens (primary N) is 1. The van der Waals surface area contributed by atoms with E-state index in [0.717, 1.165) is 15.0 Å². The molecular formula is C16H18IN3O. The van der Waals surface area contributed by atoms with Crippen molar-refractivity contribution in [2.24, 2.45) is 0 Å². The van der Waals surface area contributed by atoms with Crippen LogP contribution in [-0.2, 0) is 6.61 Å². The summed E-state index contributed by atoms with van der Waals surface area (Å²) in [5.74, 6) is 2.58. The third-order valence-corrected chi connectivity index (χ3v) is 4.91. The first-order chi connectivity index (χ1) is 10.2. The summed E-state index contributed by atoms with van der Waals surface area (Å²) >= 11 is 2.26. The lowest BCUT2D eigenvalue weighted by Crippen LogP contribution is -2.11. The molecule has 1 fully saturated rings. The normalized spacial score (nSPS) is 15.3. The molecule has 1 aliphatic carbocycles. The van der Waals surface area contributed by atoms with Crippen molar-refractivity contribution < 1.29 is 4.74 Å². The number of hydrogen-bond donors (Lipinski definition) is 1. The van der Waals surface area contributed by atoms with Crippen molar-refractivity contribution >= 4 is 28.4 Å². The van der Waals surface area contributed by atoms with Gasteiger partial charge in [0.05, 0.1) is 9.26 Å². The number of aromatic nitrogens is 2. The molecule has 1 aliphatic rings. The highest BCUT2D eigenvalue weighted by atomic mass is 127. The van der Waals surface area contributed by atoms with Crippen LogP contribution in [0.25, 0.3) is 0 Å². The van der Waals surface area contributed by atoms with Gasteiger partial charge in [0.1, 0.15) is 18.2 Å². The first kappa shape index (κ1) is 14.6. The van der Waals surface area contributed by atoms with Crippen LogP contribution in [0.5, 0.6) is 5.75 Å². The first-order valence-corrected chi connectivity index (χ1v) is 8.31. The van der Waals surface area contributed by atoms with Crippen LogP contribution in [0.15, 0.2) is 30.3 Å². The molecule has 4 nitrogen and oxygen atoms in total. The zero-order chi connectivity index (χ0) is 14.7. The minimum Gasteiger partial charge on any atom is -0.486 e. The van der Waals surface area contributed by atoms with Crippen molar-refractivity contribution in [2.45, 2.75) is 38.2 Å². The molecule has 1 saturated carbocycles. The van der Waals surface area contributed by atoms with Crippen LogP contribution in [0, 0.1) is 3.57 Å². The number of para-hydroxylation sites is 1. The summed E-state index contributed by atoms with van der Waals surface area (Å²) in [5.41, 5.74) is 7.15. The molecule has 0 radical (unpaired) electrons. The number of nitrogen functional groups attached to an aromatic ring is 1. The summed E-state index contributed by atoms with van der Waals surface area (Å²) in [6, 6.07) is 9.71. The summed E-state index contributed by atoms with van der Waals surface area (Å²) < 4.78 is 6.72. The number of benzene rings is 1. The summed E-state index contributed by atoms with van der Waals surface area (Å²) in [6.45, 7) is 0.352. The summed E-state index contributed by atoms with van der Waals surface area (Å²) in [7, 11) is 0. The third-order valence-electron chi connectivity index (χ3n) is 3.80. The van der Waals surface area contributed by atoms with E-state index in [-0.39, 0.29) is 0 Å². The Bertz CT molecular complexity index is 612. The smallest absolute Gasteiger partial charge is 0.168 e. The van der Waals surface area contributed by atoms with Crippen LogP contribution in [-0.4, -0.2) is 9.97 Å². The molecule has 5 heteroatoms. The molecule has 2 aromatic rings. The molecule has 3 rings (SSSR count). The molecule has 0 bridgehead atoms. The van der Waals surface area contributed by atoms with Gasteiger partial charge in [0.2, 0.25) is 0 Å². The van der Waals surface area contributed by atoms with E-state index in [9.17, 15) is 0 Å². The van der Waals surface area contributed by atoms with Gasteiger partial charge in [-0.3, -0.25) is 0 Å². The number of ether oxygens (including phenoxy) is 1. The molecule has 0 aliphatic heterocycles. The molecule has 0 atom stereocenters. The van der Waals surface area contributed by atoms with Crippen LogP contribution in [0.1, 0.15) is 43.1 Å². The lowest BCUT2D eigenvalue weighted by atomic mass is 10.0. The Morgan fingerprint density at radius 2 is 1.86 bits per heavy atom. The van der Waals surface area contributed by atoms with Gasteiger partial charge in [-0.2, -0.15) is 0 Å². The molecule has 0 amide bonds.